The Morgan fingerprint density at radius 3 is 2.52 bits per heavy atom. The predicted molar refractivity (Wildman–Crippen MR) is 82.2 cm³/mol. The van der Waals surface area contributed by atoms with Gasteiger partial charge in [-0.05, 0) is 47.9 Å². The Morgan fingerprint density at radius 2 is 1.81 bits per heavy atom. The first kappa shape index (κ1) is 13.8. The Bertz CT molecular complexity index is 665. The molecule has 0 aromatic heterocycles. The molecule has 108 valence electrons. The maximum Gasteiger partial charge on any atom is 0.269 e. The number of hydrogen-bond donors (Lipinski definition) is 1. The summed E-state index contributed by atoms with van der Waals surface area (Å²) in [6.07, 6.45) is 4.24. The fraction of sp³-hybridized carbons (Fsp3) is 0.294. The Kier molecular flexibility index (Phi) is 3.71. The van der Waals surface area contributed by atoms with Crippen molar-refractivity contribution in [3.63, 3.8) is 0 Å². The summed E-state index contributed by atoms with van der Waals surface area (Å²) in [5.74, 6) is 0. The summed E-state index contributed by atoms with van der Waals surface area (Å²) in [4.78, 5) is 10.3. The van der Waals surface area contributed by atoms with Crippen molar-refractivity contribution in [2.24, 2.45) is 5.73 Å². The standard InChI is InChI=1S/C17H18N2O2/c18-17(10-12-4-8-16(9-5-12)19(20)21)15-7-6-13-2-1-3-14(13)11-15/h4-9,11,17H,1-3,10,18H2. The van der Waals surface area contributed by atoms with Crippen molar-refractivity contribution < 1.29 is 4.92 Å². The molecule has 0 amide bonds. The number of hydrogen-bond acceptors (Lipinski definition) is 3. The molecule has 3 rings (SSSR count). The van der Waals surface area contributed by atoms with Crippen LogP contribution in [0.15, 0.2) is 42.5 Å². The van der Waals surface area contributed by atoms with E-state index in [1.165, 1.54) is 36.1 Å². The van der Waals surface area contributed by atoms with Crippen LogP contribution in [0, 0.1) is 10.1 Å². The Labute approximate surface area is 123 Å². The van der Waals surface area contributed by atoms with Crippen LogP contribution in [0.25, 0.3) is 0 Å². The lowest BCUT2D eigenvalue weighted by Crippen LogP contribution is -2.13. The number of aryl methyl sites for hydroxylation is 2. The predicted octanol–water partition coefficient (Wildman–Crippen LogP) is 3.33. The Balaban J connectivity index is 1.73. The molecule has 2 aromatic rings. The summed E-state index contributed by atoms with van der Waals surface area (Å²) in [6.45, 7) is 0. The van der Waals surface area contributed by atoms with Crippen LogP contribution < -0.4 is 5.73 Å². The highest BCUT2D eigenvalue weighted by molar-refractivity contribution is 5.38. The van der Waals surface area contributed by atoms with Gasteiger partial charge in [0.05, 0.1) is 4.92 Å². The lowest BCUT2D eigenvalue weighted by molar-refractivity contribution is -0.384. The highest BCUT2D eigenvalue weighted by atomic mass is 16.6. The van der Waals surface area contributed by atoms with Gasteiger partial charge in [0.25, 0.3) is 5.69 Å². The zero-order valence-electron chi connectivity index (χ0n) is 11.8. The molecule has 0 saturated carbocycles. The largest absolute Gasteiger partial charge is 0.324 e. The van der Waals surface area contributed by atoms with E-state index in [0.717, 1.165) is 17.5 Å². The molecule has 4 heteroatoms. The minimum Gasteiger partial charge on any atom is -0.324 e. The number of fused-ring (bicyclic) bond motifs is 1. The third-order valence-electron chi connectivity index (χ3n) is 4.15. The van der Waals surface area contributed by atoms with Crippen molar-refractivity contribution in [1.29, 1.82) is 0 Å². The van der Waals surface area contributed by atoms with Crippen LogP contribution in [0.1, 0.15) is 34.7 Å². The summed E-state index contributed by atoms with van der Waals surface area (Å²) in [5.41, 5.74) is 11.4. The third kappa shape index (κ3) is 2.95. The fourth-order valence-corrected chi connectivity index (χ4v) is 2.95. The van der Waals surface area contributed by atoms with Gasteiger partial charge in [0.1, 0.15) is 0 Å². The minimum absolute atomic E-state index is 0.0719. The normalized spacial score (nSPS) is 14.7. The fourth-order valence-electron chi connectivity index (χ4n) is 2.95. The second kappa shape index (κ2) is 5.66. The molecule has 0 bridgehead atoms. The number of rotatable bonds is 4. The molecule has 1 atom stereocenters. The molecule has 0 radical (unpaired) electrons. The second-order valence-corrected chi connectivity index (χ2v) is 5.62. The molecular formula is C17H18N2O2. The van der Waals surface area contributed by atoms with E-state index in [2.05, 4.69) is 18.2 Å². The zero-order chi connectivity index (χ0) is 14.8. The molecule has 21 heavy (non-hydrogen) atoms. The van der Waals surface area contributed by atoms with Crippen molar-refractivity contribution in [2.75, 3.05) is 0 Å². The molecule has 1 aliphatic rings. The van der Waals surface area contributed by atoms with Crippen molar-refractivity contribution in [3.05, 3.63) is 74.8 Å². The minimum atomic E-state index is -0.385. The van der Waals surface area contributed by atoms with Crippen LogP contribution in [0.5, 0.6) is 0 Å². The quantitative estimate of drug-likeness (QED) is 0.690. The van der Waals surface area contributed by atoms with E-state index in [4.69, 9.17) is 5.73 Å². The molecule has 1 unspecified atom stereocenters. The topological polar surface area (TPSA) is 69.2 Å². The van der Waals surface area contributed by atoms with Gasteiger partial charge in [-0.2, -0.15) is 0 Å². The summed E-state index contributed by atoms with van der Waals surface area (Å²) in [7, 11) is 0. The van der Waals surface area contributed by atoms with Gasteiger partial charge in [-0.3, -0.25) is 10.1 Å². The maximum absolute atomic E-state index is 10.6. The van der Waals surface area contributed by atoms with Gasteiger partial charge in [-0.25, -0.2) is 0 Å². The van der Waals surface area contributed by atoms with E-state index in [0.29, 0.717) is 6.42 Å². The summed E-state index contributed by atoms with van der Waals surface area (Å²) in [6, 6.07) is 13.1. The van der Waals surface area contributed by atoms with Crippen molar-refractivity contribution in [2.45, 2.75) is 31.7 Å². The molecule has 4 nitrogen and oxygen atoms in total. The van der Waals surface area contributed by atoms with Gasteiger partial charge >= 0.3 is 0 Å². The molecule has 0 heterocycles. The summed E-state index contributed by atoms with van der Waals surface area (Å²) < 4.78 is 0. The number of nitrogens with two attached hydrogens (primary N) is 1. The van der Waals surface area contributed by atoms with E-state index in [1.807, 2.05) is 0 Å². The van der Waals surface area contributed by atoms with E-state index >= 15 is 0 Å². The summed E-state index contributed by atoms with van der Waals surface area (Å²) >= 11 is 0. The summed E-state index contributed by atoms with van der Waals surface area (Å²) in [5, 5.41) is 10.6. The first-order valence-corrected chi connectivity index (χ1v) is 7.24. The lowest BCUT2D eigenvalue weighted by Gasteiger charge is -2.13. The van der Waals surface area contributed by atoms with Crippen LogP contribution >= 0.6 is 0 Å². The zero-order valence-corrected chi connectivity index (χ0v) is 11.8. The van der Waals surface area contributed by atoms with Crippen LogP contribution in [0.2, 0.25) is 0 Å². The molecule has 2 aromatic carbocycles. The highest BCUT2D eigenvalue weighted by Gasteiger charge is 2.14. The first-order valence-electron chi connectivity index (χ1n) is 7.24. The SMILES string of the molecule is NC(Cc1ccc([N+](=O)[O-])cc1)c1ccc2c(c1)CCC2. The van der Waals surface area contributed by atoms with Gasteiger partial charge in [-0.1, -0.05) is 30.3 Å². The Morgan fingerprint density at radius 1 is 1.10 bits per heavy atom. The van der Waals surface area contributed by atoms with Crippen molar-refractivity contribution in [3.8, 4) is 0 Å². The van der Waals surface area contributed by atoms with Crippen LogP contribution in [-0.2, 0) is 19.3 Å². The van der Waals surface area contributed by atoms with E-state index in [9.17, 15) is 10.1 Å². The highest BCUT2D eigenvalue weighted by Crippen LogP contribution is 2.26. The number of nitrogens with zero attached hydrogens (tertiary/aromatic N) is 1. The Hall–Kier alpha value is -2.20. The molecule has 0 saturated heterocycles. The molecule has 0 spiro atoms. The number of benzene rings is 2. The van der Waals surface area contributed by atoms with Crippen LogP contribution in [-0.4, -0.2) is 4.92 Å². The third-order valence-corrected chi connectivity index (χ3v) is 4.15. The van der Waals surface area contributed by atoms with Crippen molar-refractivity contribution in [1.82, 2.24) is 0 Å². The van der Waals surface area contributed by atoms with E-state index in [1.54, 1.807) is 12.1 Å². The number of nitro benzene ring substituents is 1. The van der Waals surface area contributed by atoms with Gasteiger partial charge in [0, 0.05) is 18.2 Å². The van der Waals surface area contributed by atoms with Gasteiger partial charge in [0.2, 0.25) is 0 Å². The van der Waals surface area contributed by atoms with Crippen LogP contribution in [0.3, 0.4) is 0 Å². The number of nitro groups is 1. The second-order valence-electron chi connectivity index (χ2n) is 5.62. The van der Waals surface area contributed by atoms with Gasteiger partial charge in [-0.15, -0.1) is 0 Å². The lowest BCUT2D eigenvalue weighted by atomic mass is 9.96. The molecule has 0 fully saturated rings. The molecular weight excluding hydrogens is 264 g/mol. The maximum atomic E-state index is 10.6. The van der Waals surface area contributed by atoms with Gasteiger partial charge < -0.3 is 5.73 Å². The smallest absolute Gasteiger partial charge is 0.269 e. The molecule has 1 aliphatic carbocycles. The molecule has 2 N–H and O–H groups in total. The average molecular weight is 282 g/mol. The monoisotopic (exact) mass is 282 g/mol. The molecule has 0 aliphatic heterocycles. The number of non-ortho nitro benzene ring substituents is 1. The van der Waals surface area contributed by atoms with Gasteiger partial charge in [0.15, 0.2) is 0 Å². The van der Waals surface area contributed by atoms with E-state index in [-0.39, 0.29) is 16.7 Å². The average Bonchev–Trinajstić information content (AvgIpc) is 2.95. The van der Waals surface area contributed by atoms with Crippen LogP contribution in [0.4, 0.5) is 5.69 Å². The van der Waals surface area contributed by atoms with Crippen molar-refractivity contribution >= 4 is 5.69 Å². The first-order chi connectivity index (χ1) is 10.1. The van der Waals surface area contributed by atoms with E-state index < -0.39 is 0 Å².